The summed E-state index contributed by atoms with van der Waals surface area (Å²) >= 11 is 19.3. The molecule has 2 aliphatic heterocycles. The molecule has 7 rings (SSSR count). The highest BCUT2D eigenvalue weighted by atomic mass is 35.5. The average molecular weight is 1540 g/mol. The smallest absolute Gasteiger partial charge is 0.326 e. The highest BCUT2D eigenvalue weighted by Crippen LogP contribution is 2.33. The number of aliphatic hydroxyl groups is 2. The number of likely N-dealkylation sites (tertiary alicyclic amines) is 1. The van der Waals surface area contributed by atoms with E-state index in [-0.39, 0.29) is 55.1 Å². The number of halogens is 3. The lowest BCUT2D eigenvalue weighted by atomic mass is 9.76. The van der Waals surface area contributed by atoms with Gasteiger partial charge in [0.1, 0.15) is 47.6 Å². The largest absolute Gasteiger partial charge is 0.480 e. The van der Waals surface area contributed by atoms with E-state index in [2.05, 4.69) is 31.9 Å². The van der Waals surface area contributed by atoms with Crippen LogP contribution in [0.4, 0.5) is 0 Å². The van der Waals surface area contributed by atoms with Crippen molar-refractivity contribution >= 4 is 117 Å². The Labute approximate surface area is 639 Å². The number of aliphatic carboxylic acids is 1. The third kappa shape index (κ3) is 23.4. The van der Waals surface area contributed by atoms with E-state index in [1.807, 2.05) is 24.3 Å². The van der Waals surface area contributed by atoms with Gasteiger partial charge in [-0.05, 0) is 141 Å². The van der Waals surface area contributed by atoms with Crippen molar-refractivity contribution in [3.8, 4) is 0 Å². The Hall–Kier alpha value is -8.72. The minimum Gasteiger partial charge on any atom is -0.480 e. The van der Waals surface area contributed by atoms with Gasteiger partial charge in [0.2, 0.25) is 47.3 Å². The van der Waals surface area contributed by atoms with Gasteiger partial charge in [-0.15, -0.1) is 0 Å². The van der Waals surface area contributed by atoms with Crippen molar-refractivity contribution < 1.29 is 77.6 Å². The lowest BCUT2D eigenvalue weighted by Gasteiger charge is -2.36. The van der Waals surface area contributed by atoms with Crippen LogP contribution in [-0.2, 0) is 88.0 Å². The van der Waals surface area contributed by atoms with Gasteiger partial charge >= 0.3 is 5.97 Å². The van der Waals surface area contributed by atoms with E-state index < -0.39 is 205 Å². The van der Waals surface area contributed by atoms with Gasteiger partial charge in [0.15, 0.2) is 17.3 Å². The molecule has 8 amide bonds. The molecule has 28 heteroatoms. The highest BCUT2D eigenvalue weighted by Gasteiger charge is 2.46. The fourth-order valence-corrected chi connectivity index (χ4v) is 14.5. The summed E-state index contributed by atoms with van der Waals surface area (Å²) in [7, 11) is 1.30. The van der Waals surface area contributed by atoms with Crippen LogP contribution in [0.1, 0.15) is 147 Å². The Bertz CT molecular complexity index is 3970. The first-order valence-corrected chi connectivity index (χ1v) is 37.6. The molecule has 4 aromatic carbocycles. The molecule has 578 valence electrons. The van der Waals surface area contributed by atoms with Crippen molar-refractivity contribution in [2.24, 2.45) is 35.3 Å². The molecule has 0 saturated carbocycles. The van der Waals surface area contributed by atoms with E-state index in [0.29, 0.717) is 53.0 Å². The Morgan fingerprint density at radius 3 is 1.88 bits per heavy atom. The van der Waals surface area contributed by atoms with Gasteiger partial charge in [0, 0.05) is 91.4 Å². The number of carbonyl (C=O) groups is 13. The van der Waals surface area contributed by atoms with Crippen LogP contribution in [0.3, 0.4) is 0 Å². The lowest BCUT2D eigenvalue weighted by molar-refractivity contribution is -0.150. The molecule has 0 spiro atoms. The quantitative estimate of drug-likeness (QED) is 0.0597. The molecule has 0 bridgehead atoms. The number of nitrogens with two attached hydrogens (primary N) is 1. The first-order chi connectivity index (χ1) is 50.6. The minimum absolute atomic E-state index is 0.00581. The number of hydrogen-bond donors (Lipinski definition) is 10. The van der Waals surface area contributed by atoms with Crippen LogP contribution in [0, 0.1) is 29.6 Å². The van der Waals surface area contributed by atoms with Crippen molar-refractivity contribution in [3.63, 3.8) is 0 Å². The highest BCUT2D eigenvalue weighted by molar-refractivity contribution is 6.31. The number of aliphatic hydroxyl groups excluding tert-OH is 2. The third-order valence-electron chi connectivity index (χ3n) is 21.0. The van der Waals surface area contributed by atoms with Crippen molar-refractivity contribution in [2.45, 2.75) is 205 Å². The van der Waals surface area contributed by atoms with Crippen LogP contribution in [0.5, 0.6) is 0 Å². The number of rotatable bonds is 16. The van der Waals surface area contributed by atoms with E-state index in [4.69, 9.17) is 40.5 Å². The number of ketones is 4. The zero-order valence-corrected chi connectivity index (χ0v) is 63.9. The zero-order valence-electron chi connectivity index (χ0n) is 61.7. The molecule has 1 aliphatic carbocycles. The molecule has 0 unspecified atom stereocenters. The predicted molar refractivity (Wildman–Crippen MR) is 403 cm³/mol. The molecular weight excluding hydrogens is 1440 g/mol. The summed E-state index contributed by atoms with van der Waals surface area (Å²) in [5, 5.41) is 50.2. The van der Waals surface area contributed by atoms with E-state index >= 15 is 24.0 Å². The molecule has 3 aliphatic rings. The Morgan fingerprint density at radius 1 is 0.636 bits per heavy atom. The monoisotopic (exact) mass is 1540 g/mol. The van der Waals surface area contributed by atoms with Crippen LogP contribution in [-0.4, -0.2) is 182 Å². The number of carboxylic acid groups (broad SMARTS) is 1. The predicted octanol–water partition coefficient (Wildman–Crippen LogP) is 6.20. The van der Waals surface area contributed by atoms with Crippen LogP contribution < -0.4 is 37.6 Å². The summed E-state index contributed by atoms with van der Waals surface area (Å²) in [5.74, 6) is -16.3. The normalized spacial score (nSPS) is 26.3. The van der Waals surface area contributed by atoms with Crippen LogP contribution in [0.2, 0.25) is 15.1 Å². The number of carboxylic acids is 1. The Morgan fingerprint density at radius 2 is 1.26 bits per heavy atom. The number of fused-ring (bicyclic) bond motifs is 1. The van der Waals surface area contributed by atoms with Gasteiger partial charge in [-0.2, -0.15) is 0 Å². The van der Waals surface area contributed by atoms with E-state index in [1.54, 1.807) is 107 Å². The number of amides is 8. The summed E-state index contributed by atoms with van der Waals surface area (Å²) in [6.07, 6.45) is -4.62. The first-order valence-electron chi connectivity index (χ1n) is 36.5. The molecule has 4 aromatic rings. The fraction of sp³-hybridized carbons (Fsp3) is 0.506. The molecule has 2 saturated heterocycles. The van der Waals surface area contributed by atoms with Gasteiger partial charge in [0.05, 0.1) is 24.8 Å². The summed E-state index contributed by atoms with van der Waals surface area (Å²) < 4.78 is 0. The molecule has 0 aromatic heterocycles. The topological polar surface area (TPSA) is 387 Å². The average Bonchev–Trinajstić information content (AvgIpc) is 1.69. The Balaban J connectivity index is 1.33. The molecule has 25 nitrogen and oxygen atoms in total. The number of carbonyl (C=O) groups excluding carboxylic acids is 12. The number of allylic oxidation sites excluding steroid dienone is 1. The summed E-state index contributed by atoms with van der Waals surface area (Å²) in [6.45, 7) is 10.0. The lowest BCUT2D eigenvalue weighted by Crippen LogP contribution is -2.61. The molecular formula is C79H100Cl3N9O16. The summed E-state index contributed by atoms with van der Waals surface area (Å²) in [6, 6.07) is 16.1. The van der Waals surface area contributed by atoms with Crippen LogP contribution >= 0.6 is 34.8 Å². The van der Waals surface area contributed by atoms with Crippen molar-refractivity contribution in [1.29, 1.82) is 0 Å². The summed E-state index contributed by atoms with van der Waals surface area (Å²) in [5.41, 5.74) is 8.21. The standard InChI is InChI=1S/C79H100Cl3N9O16/c1-9-43(3)60-40-58(94)42-84-74(102)69(44(4)10-2)88-71(99)45(5)85-68(98)39-53(76(104)91-31-15-22-63(91)78(106)107)27-30-65(95)54(32-49-16-13-19-56(81)33-49)38-67(97)79(83,47(7)93)41-66(96)64(36-48-23-28-55(80)29-24-48)90(8)77(105)62(35-50-17-14-20-57(82)34-50)87-73(101)61(86-75(103)70(46(6)92)89-72(60)100)37-52-26-25-51-18-11-12-21-59(51)52/h11-14,16-21,23-24,26,28-29,33-34,43-47,53-54,60-64,69-70,92-93H,9-10,15,22,25,27,30-32,35-42,83H2,1-8H3,(H,84,102)(H,85,98)(H,86,103)(H,87,101)(H,88,99)(H,89,100)(H,106,107)/t43-,44-,45-,46+,47+,53-,54+,60-,61-,62-,63-,64-,69-,70-,79+/m0/s1. The van der Waals surface area contributed by atoms with Crippen LogP contribution in [0.15, 0.2) is 103 Å². The maximum absolute atomic E-state index is 15.7. The maximum atomic E-state index is 15.7. The number of nitrogens with one attached hydrogen (secondary N) is 6. The number of nitrogens with zero attached hydrogens (tertiary/aromatic N) is 2. The first kappa shape index (κ1) is 85.5. The van der Waals surface area contributed by atoms with E-state index in [9.17, 15) is 53.7 Å². The van der Waals surface area contributed by atoms with Gasteiger partial charge < -0.3 is 62.8 Å². The Kier molecular flexibility index (Phi) is 31.5. The van der Waals surface area contributed by atoms with E-state index in [1.165, 1.54) is 27.8 Å². The van der Waals surface area contributed by atoms with Crippen LogP contribution in [0.25, 0.3) is 5.57 Å². The van der Waals surface area contributed by atoms with Gasteiger partial charge in [0.25, 0.3) is 0 Å². The van der Waals surface area contributed by atoms with Gasteiger partial charge in [-0.25, -0.2) is 4.79 Å². The second kappa shape index (κ2) is 39.4. The summed E-state index contributed by atoms with van der Waals surface area (Å²) in [4.78, 5) is 192. The number of hydrogen-bond acceptors (Lipinski definition) is 16. The van der Waals surface area contributed by atoms with Gasteiger partial charge in [-0.1, -0.05) is 142 Å². The third-order valence-corrected chi connectivity index (χ3v) is 21.7. The zero-order chi connectivity index (χ0) is 78.7. The fourth-order valence-electron chi connectivity index (χ4n) is 13.9. The maximum Gasteiger partial charge on any atom is 0.326 e. The van der Waals surface area contributed by atoms with E-state index in [0.717, 1.165) is 20.9 Å². The van der Waals surface area contributed by atoms with Crippen molar-refractivity contribution in [1.82, 2.24) is 41.7 Å². The molecule has 2 fully saturated rings. The molecule has 107 heavy (non-hydrogen) atoms. The molecule has 0 radical (unpaired) electrons. The second-order valence-electron chi connectivity index (χ2n) is 28.8. The molecule has 2 heterocycles. The molecule has 11 N–H and O–H groups in total. The van der Waals surface area contributed by atoms with Gasteiger partial charge in [-0.3, -0.25) is 57.5 Å². The SMILES string of the molecule is CC[C@H](C)[C@@H]1CC(=O)CNC(=O)[C@H]([C@@H](C)CC)NC(=O)[C@H](C)NC(=O)C[C@@H](C(=O)N2CCC[C@H]2C(=O)O)CCC(=O)[C@H](Cc2cccc(Cl)c2)CC(=O)[C@](N)([C@@H](C)O)CC(=O)[C@H](Cc2ccc(Cl)cc2)N(C)C(=O)[C@H](Cc2cccc(Cl)c2)NC(=O)[C@H](CC2=CCc3ccccc32)NC(=O)[C@H]([C@@H](C)O)NC1=O. The minimum atomic E-state index is -2.49. The van der Waals surface area contributed by atoms with Crippen molar-refractivity contribution in [3.05, 3.63) is 146 Å². The number of likely N-dealkylation sites (N-methyl/N-ethyl adjacent to an activating group) is 1. The number of benzene rings is 4. The van der Waals surface area contributed by atoms with Crippen molar-refractivity contribution in [2.75, 3.05) is 20.1 Å². The molecule has 15 atom stereocenters. The second-order valence-corrected chi connectivity index (χ2v) is 30.1. The number of Topliss-reactive ketones (excluding diaryl/α,β-unsaturated/α-hetero) is 4.